The SMILES string of the molecule is Nc1cccc2c(C(=O)O)ccc(C(=O)O)c12. The Morgan fingerprint density at radius 2 is 1.53 bits per heavy atom. The van der Waals surface area contributed by atoms with Crippen LogP contribution in [0.25, 0.3) is 10.8 Å². The topological polar surface area (TPSA) is 101 Å². The highest BCUT2D eigenvalue weighted by Crippen LogP contribution is 2.28. The molecule has 2 rings (SSSR count). The molecule has 0 aliphatic carbocycles. The highest BCUT2D eigenvalue weighted by molar-refractivity contribution is 6.14. The van der Waals surface area contributed by atoms with Crippen LogP contribution < -0.4 is 5.73 Å². The number of hydrogen-bond donors (Lipinski definition) is 3. The summed E-state index contributed by atoms with van der Waals surface area (Å²) < 4.78 is 0. The molecule has 0 atom stereocenters. The summed E-state index contributed by atoms with van der Waals surface area (Å²) in [6, 6.07) is 7.20. The molecule has 0 aromatic heterocycles. The number of hydrogen-bond acceptors (Lipinski definition) is 3. The molecule has 0 fully saturated rings. The van der Waals surface area contributed by atoms with Crippen molar-refractivity contribution >= 4 is 28.4 Å². The van der Waals surface area contributed by atoms with E-state index in [0.717, 1.165) is 0 Å². The van der Waals surface area contributed by atoms with Gasteiger partial charge in [-0.15, -0.1) is 0 Å². The number of anilines is 1. The van der Waals surface area contributed by atoms with Crippen LogP contribution in [0.3, 0.4) is 0 Å². The first-order valence-electron chi connectivity index (χ1n) is 4.80. The molecular formula is C12H9NO4. The van der Waals surface area contributed by atoms with Gasteiger partial charge in [0, 0.05) is 11.1 Å². The highest BCUT2D eigenvalue weighted by Gasteiger charge is 2.16. The van der Waals surface area contributed by atoms with E-state index >= 15 is 0 Å². The molecule has 0 bridgehead atoms. The summed E-state index contributed by atoms with van der Waals surface area (Å²) in [4.78, 5) is 22.1. The monoisotopic (exact) mass is 231 g/mol. The zero-order valence-corrected chi connectivity index (χ0v) is 8.68. The van der Waals surface area contributed by atoms with Gasteiger partial charge in [-0.2, -0.15) is 0 Å². The van der Waals surface area contributed by atoms with Crippen LogP contribution in [0.5, 0.6) is 0 Å². The maximum absolute atomic E-state index is 11.0. The van der Waals surface area contributed by atoms with Gasteiger partial charge >= 0.3 is 11.9 Å². The molecule has 2 aromatic rings. The van der Waals surface area contributed by atoms with Gasteiger partial charge in [-0.3, -0.25) is 0 Å². The number of carboxylic acid groups (broad SMARTS) is 2. The quantitative estimate of drug-likeness (QED) is 0.684. The van der Waals surface area contributed by atoms with Crippen LogP contribution in [0.15, 0.2) is 30.3 Å². The second-order valence-corrected chi connectivity index (χ2v) is 3.54. The first-order chi connectivity index (χ1) is 8.02. The lowest BCUT2D eigenvalue weighted by Crippen LogP contribution is -2.04. The number of fused-ring (bicyclic) bond motifs is 1. The van der Waals surface area contributed by atoms with Crippen LogP contribution in [0, 0.1) is 0 Å². The third kappa shape index (κ3) is 1.67. The first-order valence-corrected chi connectivity index (χ1v) is 4.80. The molecule has 0 aliphatic rings. The van der Waals surface area contributed by atoms with Gasteiger partial charge < -0.3 is 15.9 Å². The lowest BCUT2D eigenvalue weighted by Gasteiger charge is -2.08. The molecule has 2 aromatic carbocycles. The Morgan fingerprint density at radius 3 is 2.12 bits per heavy atom. The number of aromatic carboxylic acids is 2. The third-order valence-corrected chi connectivity index (χ3v) is 2.53. The zero-order valence-electron chi connectivity index (χ0n) is 8.68. The molecule has 0 spiro atoms. The second-order valence-electron chi connectivity index (χ2n) is 3.54. The minimum absolute atomic E-state index is 0.00287. The van der Waals surface area contributed by atoms with Crippen LogP contribution in [-0.2, 0) is 0 Å². The Balaban J connectivity index is 2.96. The van der Waals surface area contributed by atoms with Crippen molar-refractivity contribution in [3.05, 3.63) is 41.5 Å². The van der Waals surface area contributed by atoms with Gasteiger partial charge in [0.15, 0.2) is 0 Å². The predicted octanol–water partition coefficient (Wildman–Crippen LogP) is 1.82. The standard InChI is InChI=1S/C12H9NO4/c13-9-3-1-2-6-7(11(14)15)4-5-8(10(6)9)12(16)17/h1-5H,13H2,(H,14,15)(H,16,17). The lowest BCUT2D eigenvalue weighted by molar-refractivity contribution is 0.0684. The van der Waals surface area contributed by atoms with Gasteiger partial charge in [-0.1, -0.05) is 12.1 Å². The Morgan fingerprint density at radius 1 is 0.941 bits per heavy atom. The maximum Gasteiger partial charge on any atom is 0.336 e. The average molecular weight is 231 g/mol. The summed E-state index contributed by atoms with van der Waals surface area (Å²) >= 11 is 0. The van der Waals surface area contributed by atoms with E-state index in [0.29, 0.717) is 5.39 Å². The van der Waals surface area contributed by atoms with E-state index in [1.54, 1.807) is 18.2 Å². The van der Waals surface area contributed by atoms with E-state index < -0.39 is 11.9 Å². The van der Waals surface area contributed by atoms with Crippen LogP contribution in [0.4, 0.5) is 5.69 Å². The van der Waals surface area contributed by atoms with E-state index in [-0.39, 0.29) is 22.2 Å². The van der Waals surface area contributed by atoms with E-state index in [2.05, 4.69) is 0 Å². The van der Waals surface area contributed by atoms with Gasteiger partial charge in [0.25, 0.3) is 0 Å². The largest absolute Gasteiger partial charge is 0.478 e. The summed E-state index contributed by atoms with van der Waals surface area (Å²) in [6.07, 6.45) is 0. The normalized spacial score (nSPS) is 10.4. The van der Waals surface area contributed by atoms with Gasteiger partial charge in [0.05, 0.1) is 11.1 Å². The minimum atomic E-state index is -1.13. The summed E-state index contributed by atoms with van der Waals surface area (Å²) in [6.45, 7) is 0. The molecule has 17 heavy (non-hydrogen) atoms. The van der Waals surface area contributed by atoms with Gasteiger partial charge in [0.1, 0.15) is 0 Å². The number of carbonyl (C=O) groups is 2. The molecule has 0 unspecified atom stereocenters. The summed E-state index contributed by atoms with van der Waals surface area (Å²) in [5, 5.41) is 18.6. The summed E-state index contributed by atoms with van der Waals surface area (Å²) in [5.74, 6) is -2.25. The Bertz CT molecular complexity index is 634. The molecule has 5 heteroatoms. The van der Waals surface area contributed by atoms with Crippen molar-refractivity contribution in [2.24, 2.45) is 0 Å². The fraction of sp³-hybridized carbons (Fsp3) is 0. The van der Waals surface area contributed by atoms with Crippen molar-refractivity contribution in [1.29, 1.82) is 0 Å². The summed E-state index contributed by atoms with van der Waals surface area (Å²) in [7, 11) is 0. The fourth-order valence-corrected chi connectivity index (χ4v) is 1.80. The van der Waals surface area contributed by atoms with E-state index in [1.807, 2.05) is 0 Å². The molecule has 0 heterocycles. The maximum atomic E-state index is 11.0. The van der Waals surface area contributed by atoms with Crippen molar-refractivity contribution in [3.8, 4) is 0 Å². The van der Waals surface area contributed by atoms with Crippen molar-refractivity contribution in [2.45, 2.75) is 0 Å². The number of carboxylic acids is 2. The number of rotatable bonds is 2. The fourth-order valence-electron chi connectivity index (χ4n) is 1.80. The molecule has 86 valence electrons. The molecule has 4 N–H and O–H groups in total. The van der Waals surface area contributed by atoms with Crippen molar-refractivity contribution in [2.75, 3.05) is 5.73 Å². The van der Waals surface area contributed by atoms with Crippen LogP contribution in [0.1, 0.15) is 20.7 Å². The van der Waals surface area contributed by atoms with Gasteiger partial charge in [0.2, 0.25) is 0 Å². The molecule has 0 saturated heterocycles. The van der Waals surface area contributed by atoms with Crippen LogP contribution in [-0.4, -0.2) is 22.2 Å². The second kappa shape index (κ2) is 3.79. The van der Waals surface area contributed by atoms with Crippen molar-refractivity contribution in [3.63, 3.8) is 0 Å². The van der Waals surface area contributed by atoms with Crippen molar-refractivity contribution in [1.82, 2.24) is 0 Å². The molecular weight excluding hydrogens is 222 g/mol. The Kier molecular flexibility index (Phi) is 2.44. The molecule has 5 nitrogen and oxygen atoms in total. The molecule has 0 amide bonds. The van der Waals surface area contributed by atoms with E-state index in [4.69, 9.17) is 15.9 Å². The highest BCUT2D eigenvalue weighted by atomic mass is 16.4. The lowest BCUT2D eigenvalue weighted by atomic mass is 9.98. The third-order valence-electron chi connectivity index (χ3n) is 2.53. The predicted molar refractivity (Wildman–Crippen MR) is 62.3 cm³/mol. The summed E-state index contributed by atoms with van der Waals surface area (Å²) in [5.41, 5.74) is 6.00. The van der Waals surface area contributed by atoms with E-state index in [1.165, 1.54) is 12.1 Å². The zero-order chi connectivity index (χ0) is 12.6. The Labute approximate surface area is 96.1 Å². The van der Waals surface area contributed by atoms with Gasteiger partial charge in [-0.25, -0.2) is 9.59 Å². The number of benzene rings is 2. The molecule has 0 saturated carbocycles. The number of nitrogens with two attached hydrogens (primary N) is 1. The van der Waals surface area contributed by atoms with Crippen LogP contribution in [0.2, 0.25) is 0 Å². The average Bonchev–Trinajstić information content (AvgIpc) is 2.27. The molecule has 0 radical (unpaired) electrons. The van der Waals surface area contributed by atoms with Gasteiger partial charge in [-0.05, 0) is 23.6 Å². The molecule has 0 aliphatic heterocycles. The minimum Gasteiger partial charge on any atom is -0.478 e. The smallest absolute Gasteiger partial charge is 0.336 e. The van der Waals surface area contributed by atoms with Crippen LogP contribution >= 0.6 is 0 Å². The first kappa shape index (κ1) is 10.9. The van der Waals surface area contributed by atoms with E-state index in [9.17, 15) is 9.59 Å². The van der Waals surface area contributed by atoms with Crippen molar-refractivity contribution < 1.29 is 19.8 Å². The number of nitrogen functional groups attached to an aromatic ring is 1. The Hall–Kier alpha value is -2.56.